The second kappa shape index (κ2) is 9.02. The number of ether oxygens (including phenoxy) is 1. The fourth-order valence-electron chi connectivity index (χ4n) is 2.02. The average molecular weight is 341 g/mol. The van der Waals surface area contributed by atoms with Gasteiger partial charge in [0.05, 0.1) is 12.8 Å². The Kier molecular flexibility index (Phi) is 6.47. The van der Waals surface area contributed by atoms with Gasteiger partial charge >= 0.3 is 0 Å². The lowest BCUT2D eigenvalue weighted by molar-refractivity contribution is -0.116. The topological polar surface area (TPSA) is 129 Å². The minimum Gasteiger partial charge on any atom is -0.495 e. The van der Waals surface area contributed by atoms with Gasteiger partial charge in [-0.3, -0.25) is 4.79 Å². The molecule has 9 heteroatoms. The Bertz CT molecular complexity index is 778. The number of carbonyl (C=O) groups excluding carboxylic acids is 1. The Hall–Kier alpha value is -3.41. The van der Waals surface area contributed by atoms with Crippen LogP contribution in [0, 0.1) is 11.3 Å². The van der Waals surface area contributed by atoms with Crippen molar-refractivity contribution in [1.82, 2.24) is 20.6 Å². The molecule has 1 amide bonds. The van der Waals surface area contributed by atoms with Crippen molar-refractivity contribution in [2.75, 3.05) is 17.7 Å². The summed E-state index contributed by atoms with van der Waals surface area (Å²) < 4.78 is 5.27. The van der Waals surface area contributed by atoms with Crippen LogP contribution in [0.25, 0.3) is 5.57 Å². The number of hydrogen-bond donors (Lipinski definition) is 3. The van der Waals surface area contributed by atoms with Crippen LogP contribution in [-0.4, -0.2) is 33.6 Å². The van der Waals surface area contributed by atoms with Crippen molar-refractivity contribution in [3.8, 4) is 11.8 Å². The predicted octanol–water partition coefficient (Wildman–Crippen LogP) is 2.31. The quantitative estimate of drug-likeness (QED) is 0.628. The Morgan fingerprint density at radius 3 is 2.96 bits per heavy atom. The maximum Gasteiger partial charge on any atom is 0.224 e. The van der Waals surface area contributed by atoms with E-state index in [0.717, 1.165) is 12.8 Å². The molecule has 0 radical (unpaired) electrons. The standard InChI is InChI=1S/C16H19N7O2/c1-3-4-5-15(24)19-13-8-12(6-7-14(13)25-2)18-10-11(9-17)16-20-22-23-21-16/h6-8,10,18H,3-5H2,1-2H3,(H,19,24)(H,20,21,22,23). The van der Waals surface area contributed by atoms with Crippen molar-refractivity contribution in [2.24, 2.45) is 0 Å². The summed E-state index contributed by atoms with van der Waals surface area (Å²) in [5.41, 5.74) is 1.45. The van der Waals surface area contributed by atoms with Gasteiger partial charge < -0.3 is 15.4 Å². The molecule has 1 aromatic heterocycles. The molecule has 0 saturated carbocycles. The van der Waals surface area contributed by atoms with E-state index >= 15 is 0 Å². The molecular formula is C16H19N7O2. The normalized spacial score (nSPS) is 10.8. The number of unbranched alkanes of at least 4 members (excludes halogenated alkanes) is 1. The van der Waals surface area contributed by atoms with Gasteiger partial charge in [-0.05, 0) is 29.8 Å². The van der Waals surface area contributed by atoms with Crippen LogP contribution in [0.3, 0.4) is 0 Å². The minimum absolute atomic E-state index is 0.0719. The molecule has 0 aliphatic carbocycles. The van der Waals surface area contributed by atoms with E-state index in [9.17, 15) is 4.79 Å². The highest BCUT2D eigenvalue weighted by molar-refractivity contribution is 5.93. The molecule has 0 aliphatic heterocycles. The van der Waals surface area contributed by atoms with Gasteiger partial charge in [0, 0.05) is 18.3 Å². The molecule has 0 saturated heterocycles. The van der Waals surface area contributed by atoms with E-state index in [1.165, 1.54) is 13.3 Å². The fraction of sp³-hybridized carbons (Fsp3) is 0.312. The van der Waals surface area contributed by atoms with E-state index in [4.69, 9.17) is 10.00 Å². The van der Waals surface area contributed by atoms with Gasteiger partial charge in [0.1, 0.15) is 17.4 Å². The number of H-pyrrole nitrogens is 1. The van der Waals surface area contributed by atoms with Gasteiger partial charge in [0.2, 0.25) is 11.7 Å². The number of nitrogens with one attached hydrogen (secondary N) is 3. The van der Waals surface area contributed by atoms with Gasteiger partial charge in [-0.2, -0.15) is 10.5 Å². The molecular weight excluding hydrogens is 322 g/mol. The molecule has 25 heavy (non-hydrogen) atoms. The predicted molar refractivity (Wildman–Crippen MR) is 92.5 cm³/mol. The molecule has 0 fully saturated rings. The zero-order valence-electron chi connectivity index (χ0n) is 14.0. The first-order chi connectivity index (χ1) is 12.2. The van der Waals surface area contributed by atoms with Gasteiger partial charge in [-0.15, -0.1) is 10.2 Å². The number of aromatic amines is 1. The first-order valence-corrected chi connectivity index (χ1v) is 7.76. The average Bonchev–Trinajstić information content (AvgIpc) is 3.15. The third-order valence-corrected chi connectivity index (χ3v) is 3.32. The van der Waals surface area contributed by atoms with Crippen LogP contribution < -0.4 is 15.4 Å². The van der Waals surface area contributed by atoms with Crippen molar-refractivity contribution in [3.63, 3.8) is 0 Å². The van der Waals surface area contributed by atoms with Crippen molar-refractivity contribution in [2.45, 2.75) is 26.2 Å². The maximum absolute atomic E-state index is 11.9. The lowest BCUT2D eigenvalue weighted by Crippen LogP contribution is -2.12. The van der Waals surface area contributed by atoms with E-state index in [-0.39, 0.29) is 17.3 Å². The number of hydrogen-bond acceptors (Lipinski definition) is 7. The Morgan fingerprint density at radius 2 is 2.32 bits per heavy atom. The van der Waals surface area contributed by atoms with Crippen molar-refractivity contribution < 1.29 is 9.53 Å². The SMILES string of the molecule is CCCCC(=O)Nc1cc(NC=C(C#N)c2nn[nH]n2)ccc1OC. The zero-order valence-corrected chi connectivity index (χ0v) is 14.0. The van der Waals surface area contributed by atoms with Crippen molar-refractivity contribution in [3.05, 3.63) is 30.2 Å². The van der Waals surface area contributed by atoms with Gasteiger partial charge in [-0.1, -0.05) is 13.3 Å². The summed E-state index contributed by atoms with van der Waals surface area (Å²) in [7, 11) is 1.54. The second-order valence-corrected chi connectivity index (χ2v) is 5.12. The lowest BCUT2D eigenvalue weighted by Gasteiger charge is -2.12. The van der Waals surface area contributed by atoms with E-state index < -0.39 is 0 Å². The molecule has 0 bridgehead atoms. The number of rotatable bonds is 8. The molecule has 9 nitrogen and oxygen atoms in total. The van der Waals surface area contributed by atoms with Crippen LogP contribution in [-0.2, 0) is 4.79 Å². The van der Waals surface area contributed by atoms with E-state index in [0.29, 0.717) is 23.5 Å². The zero-order chi connectivity index (χ0) is 18.1. The van der Waals surface area contributed by atoms with E-state index in [2.05, 4.69) is 31.3 Å². The number of nitrogens with zero attached hydrogens (tertiary/aromatic N) is 4. The van der Waals surface area contributed by atoms with Crippen LogP contribution in [0.4, 0.5) is 11.4 Å². The van der Waals surface area contributed by atoms with E-state index in [1.54, 1.807) is 18.2 Å². The number of tetrazole rings is 1. The Labute approximate surface area is 145 Å². The Morgan fingerprint density at radius 1 is 1.48 bits per heavy atom. The lowest BCUT2D eigenvalue weighted by atomic mass is 10.2. The number of methoxy groups -OCH3 is 1. The first kappa shape index (κ1) is 17.9. The summed E-state index contributed by atoms with van der Waals surface area (Å²) in [6.45, 7) is 2.03. The van der Waals surface area contributed by atoms with E-state index in [1.807, 2.05) is 13.0 Å². The molecule has 1 heterocycles. The summed E-state index contributed by atoms with van der Waals surface area (Å²) in [4.78, 5) is 11.9. The molecule has 1 aromatic carbocycles. The van der Waals surface area contributed by atoms with Crippen LogP contribution in [0.1, 0.15) is 32.0 Å². The minimum atomic E-state index is -0.0719. The third-order valence-electron chi connectivity index (χ3n) is 3.32. The number of aromatic nitrogens is 4. The first-order valence-electron chi connectivity index (χ1n) is 7.76. The summed E-state index contributed by atoms with van der Waals surface area (Å²) in [6, 6.07) is 7.21. The number of amides is 1. The molecule has 0 atom stereocenters. The Balaban J connectivity index is 2.15. The smallest absolute Gasteiger partial charge is 0.224 e. The second-order valence-electron chi connectivity index (χ2n) is 5.12. The summed E-state index contributed by atoms with van der Waals surface area (Å²) >= 11 is 0. The van der Waals surface area contributed by atoms with Crippen molar-refractivity contribution >= 4 is 22.9 Å². The number of carbonyl (C=O) groups is 1. The van der Waals surface area contributed by atoms with Crippen LogP contribution in [0.15, 0.2) is 24.4 Å². The molecule has 0 unspecified atom stereocenters. The fourth-order valence-corrected chi connectivity index (χ4v) is 2.02. The monoisotopic (exact) mass is 341 g/mol. The maximum atomic E-state index is 11.9. The highest BCUT2D eigenvalue weighted by atomic mass is 16.5. The molecule has 2 rings (SSSR count). The highest BCUT2D eigenvalue weighted by Crippen LogP contribution is 2.28. The largest absolute Gasteiger partial charge is 0.495 e. The van der Waals surface area contributed by atoms with Crippen molar-refractivity contribution in [1.29, 1.82) is 5.26 Å². The molecule has 0 aliphatic rings. The van der Waals surface area contributed by atoms with Gasteiger partial charge in [0.15, 0.2) is 0 Å². The van der Waals surface area contributed by atoms with Gasteiger partial charge in [-0.25, -0.2) is 0 Å². The molecule has 2 aromatic rings. The molecule has 0 spiro atoms. The van der Waals surface area contributed by atoms with Crippen LogP contribution in [0.2, 0.25) is 0 Å². The number of allylic oxidation sites excluding steroid dienone is 1. The number of nitriles is 1. The summed E-state index contributed by atoms with van der Waals surface area (Å²) in [5, 5.41) is 28.2. The van der Waals surface area contributed by atoms with Gasteiger partial charge in [0.25, 0.3) is 0 Å². The van der Waals surface area contributed by atoms with Crippen LogP contribution >= 0.6 is 0 Å². The van der Waals surface area contributed by atoms with Crippen LogP contribution in [0.5, 0.6) is 5.75 Å². The number of anilines is 2. The molecule has 3 N–H and O–H groups in total. The summed E-state index contributed by atoms with van der Waals surface area (Å²) in [6.07, 6.45) is 3.69. The number of benzene rings is 1. The molecule has 130 valence electrons. The highest BCUT2D eigenvalue weighted by Gasteiger charge is 2.09. The third kappa shape index (κ3) is 5.04. The summed E-state index contributed by atoms with van der Waals surface area (Å²) in [5.74, 6) is 0.673.